The number of alkyl halides is 3. The van der Waals surface area contributed by atoms with E-state index in [0.29, 0.717) is 23.8 Å². The first-order valence-electron chi connectivity index (χ1n) is 8.37. The fourth-order valence-corrected chi connectivity index (χ4v) is 3.14. The third-order valence-corrected chi connectivity index (χ3v) is 4.68. The van der Waals surface area contributed by atoms with Crippen LogP contribution in [0, 0.1) is 0 Å². The number of nitrogens with zero attached hydrogens (tertiary/aromatic N) is 4. The van der Waals surface area contributed by atoms with Gasteiger partial charge in [0.2, 0.25) is 5.82 Å². The van der Waals surface area contributed by atoms with Crippen LogP contribution in [0.2, 0.25) is 0 Å². The largest absolute Gasteiger partial charge is 0.416 e. The fraction of sp³-hybridized carbons (Fsp3) is 0.278. The van der Waals surface area contributed by atoms with E-state index in [1.54, 1.807) is 12.1 Å². The molecular weight excluding hydrogens is 391 g/mol. The van der Waals surface area contributed by atoms with Gasteiger partial charge in [-0.05, 0) is 43.7 Å². The van der Waals surface area contributed by atoms with Crippen molar-refractivity contribution >= 4 is 17.2 Å². The minimum Gasteiger partial charge on any atom is -0.348 e. The van der Waals surface area contributed by atoms with Crippen LogP contribution in [-0.4, -0.2) is 52.8 Å². The highest BCUT2D eigenvalue weighted by Crippen LogP contribution is 2.31. The lowest BCUT2D eigenvalue weighted by Crippen LogP contribution is -2.32. The van der Waals surface area contributed by atoms with E-state index < -0.39 is 17.6 Å². The molecule has 1 amide bonds. The Kier molecular flexibility index (Phi) is 5.80. The summed E-state index contributed by atoms with van der Waals surface area (Å²) in [5.41, 5.74) is -0.618. The van der Waals surface area contributed by atoms with Gasteiger partial charge in [0.1, 0.15) is 0 Å². The normalized spacial score (nSPS) is 11.8. The summed E-state index contributed by atoms with van der Waals surface area (Å²) in [6.45, 7) is 1.04. The van der Waals surface area contributed by atoms with Crippen molar-refractivity contribution in [3.63, 3.8) is 0 Å². The van der Waals surface area contributed by atoms with Gasteiger partial charge in [0, 0.05) is 13.1 Å². The van der Waals surface area contributed by atoms with E-state index >= 15 is 0 Å². The van der Waals surface area contributed by atoms with Crippen LogP contribution in [0.4, 0.5) is 13.2 Å². The Balaban J connectivity index is 1.98. The molecule has 3 rings (SSSR count). The van der Waals surface area contributed by atoms with Gasteiger partial charge in [0.25, 0.3) is 5.91 Å². The van der Waals surface area contributed by atoms with Gasteiger partial charge in [0.15, 0.2) is 5.82 Å². The molecule has 0 aliphatic rings. The lowest BCUT2D eigenvalue weighted by molar-refractivity contribution is -0.137. The molecule has 6 nitrogen and oxygen atoms in total. The fourth-order valence-electron chi connectivity index (χ4n) is 2.44. The molecule has 10 heteroatoms. The van der Waals surface area contributed by atoms with E-state index in [4.69, 9.17) is 0 Å². The highest BCUT2D eigenvalue weighted by molar-refractivity contribution is 7.13. The Hall–Kier alpha value is -2.72. The van der Waals surface area contributed by atoms with Crippen LogP contribution in [-0.2, 0) is 6.18 Å². The van der Waals surface area contributed by atoms with Gasteiger partial charge in [-0.1, -0.05) is 12.1 Å². The van der Waals surface area contributed by atoms with Crippen molar-refractivity contribution in [1.82, 2.24) is 25.0 Å². The Morgan fingerprint density at radius 1 is 1.25 bits per heavy atom. The van der Waals surface area contributed by atoms with Crippen LogP contribution in [0.1, 0.15) is 16.2 Å². The van der Waals surface area contributed by atoms with Crippen molar-refractivity contribution in [1.29, 1.82) is 0 Å². The number of rotatable bonds is 6. The number of amides is 1. The predicted octanol–water partition coefficient (Wildman–Crippen LogP) is 3.31. The molecular formula is C18H18F3N5OS. The molecule has 0 radical (unpaired) electrons. The molecule has 0 unspecified atom stereocenters. The summed E-state index contributed by atoms with van der Waals surface area (Å²) in [6, 6.07) is 8.33. The molecule has 148 valence electrons. The quantitative estimate of drug-likeness (QED) is 0.679. The number of hydrogen-bond donors (Lipinski definition) is 1. The third kappa shape index (κ3) is 4.57. The van der Waals surface area contributed by atoms with Crippen LogP contribution in [0.15, 0.2) is 41.8 Å². The predicted molar refractivity (Wildman–Crippen MR) is 101 cm³/mol. The molecule has 0 atom stereocenters. The van der Waals surface area contributed by atoms with Crippen molar-refractivity contribution in [2.45, 2.75) is 6.18 Å². The maximum Gasteiger partial charge on any atom is 0.416 e. The number of thiophene rings is 1. The number of benzene rings is 1. The first kappa shape index (κ1) is 20.0. The van der Waals surface area contributed by atoms with Gasteiger partial charge < -0.3 is 10.2 Å². The molecule has 0 aliphatic heterocycles. The molecule has 0 fully saturated rings. The molecule has 0 bridgehead atoms. The molecule has 28 heavy (non-hydrogen) atoms. The van der Waals surface area contributed by atoms with Gasteiger partial charge in [0.05, 0.1) is 16.1 Å². The second-order valence-corrected chi connectivity index (χ2v) is 7.20. The van der Waals surface area contributed by atoms with E-state index in [9.17, 15) is 18.0 Å². The zero-order chi connectivity index (χ0) is 20.3. The molecule has 3 aromatic rings. The number of halogens is 3. The van der Waals surface area contributed by atoms with Crippen LogP contribution in [0.25, 0.3) is 16.4 Å². The second kappa shape index (κ2) is 8.11. The van der Waals surface area contributed by atoms with Gasteiger partial charge in [-0.3, -0.25) is 4.79 Å². The third-order valence-electron chi connectivity index (χ3n) is 3.81. The molecule has 1 aromatic carbocycles. The average Bonchev–Trinajstić information content (AvgIpc) is 3.30. The molecule has 0 saturated carbocycles. The maximum absolute atomic E-state index is 13.1. The van der Waals surface area contributed by atoms with Gasteiger partial charge in [-0.2, -0.15) is 13.2 Å². The minimum absolute atomic E-state index is 0.0976. The number of carbonyl (C=O) groups excluding carboxylic acids is 1. The zero-order valence-corrected chi connectivity index (χ0v) is 16.0. The van der Waals surface area contributed by atoms with Crippen LogP contribution >= 0.6 is 11.3 Å². The van der Waals surface area contributed by atoms with E-state index in [2.05, 4.69) is 15.4 Å². The Morgan fingerprint density at radius 3 is 2.68 bits per heavy atom. The second-order valence-electron chi connectivity index (χ2n) is 6.26. The Labute approximate surface area is 163 Å². The van der Waals surface area contributed by atoms with Crippen molar-refractivity contribution in [2.75, 3.05) is 27.2 Å². The average molecular weight is 409 g/mol. The molecule has 0 aliphatic carbocycles. The molecule has 1 N–H and O–H groups in total. The first-order chi connectivity index (χ1) is 13.3. The standard InChI is InChI=1S/C18H18F3N5OS/c1-25(2)9-8-22-17(27)15-23-16(14-7-4-10-28-14)26(24-15)13-6-3-5-12(11-13)18(19,20)21/h3-7,10-11H,8-9H2,1-2H3,(H,22,27). The monoisotopic (exact) mass is 409 g/mol. The van der Waals surface area contributed by atoms with Crippen molar-refractivity contribution < 1.29 is 18.0 Å². The molecule has 2 aromatic heterocycles. The van der Waals surface area contributed by atoms with Crippen molar-refractivity contribution in [3.8, 4) is 16.4 Å². The summed E-state index contributed by atoms with van der Waals surface area (Å²) in [4.78, 5) is 19.2. The van der Waals surface area contributed by atoms with Crippen LogP contribution in [0.3, 0.4) is 0 Å². The van der Waals surface area contributed by atoms with Gasteiger partial charge in [-0.25, -0.2) is 9.67 Å². The summed E-state index contributed by atoms with van der Waals surface area (Å²) >= 11 is 1.36. The van der Waals surface area contributed by atoms with E-state index in [1.165, 1.54) is 28.2 Å². The smallest absolute Gasteiger partial charge is 0.348 e. The summed E-state index contributed by atoms with van der Waals surface area (Å²) in [5.74, 6) is -0.267. The van der Waals surface area contributed by atoms with Gasteiger partial charge in [-0.15, -0.1) is 16.4 Å². The molecule has 2 heterocycles. The summed E-state index contributed by atoms with van der Waals surface area (Å²) in [7, 11) is 3.75. The topological polar surface area (TPSA) is 63.1 Å². The van der Waals surface area contributed by atoms with Gasteiger partial charge >= 0.3 is 6.18 Å². The van der Waals surface area contributed by atoms with Crippen LogP contribution in [0.5, 0.6) is 0 Å². The zero-order valence-electron chi connectivity index (χ0n) is 15.2. The Morgan fingerprint density at radius 2 is 2.04 bits per heavy atom. The summed E-state index contributed by atoms with van der Waals surface area (Å²) < 4.78 is 40.5. The van der Waals surface area contributed by atoms with Crippen molar-refractivity contribution in [3.05, 3.63) is 53.2 Å². The van der Waals surface area contributed by atoms with Crippen molar-refractivity contribution in [2.24, 2.45) is 0 Å². The Bertz CT molecular complexity index is 951. The molecule has 0 saturated heterocycles. The number of nitrogens with one attached hydrogen (secondary N) is 1. The highest BCUT2D eigenvalue weighted by atomic mass is 32.1. The van der Waals surface area contributed by atoms with Crippen LogP contribution < -0.4 is 5.32 Å². The summed E-state index contributed by atoms with van der Waals surface area (Å²) in [5, 5.41) is 8.70. The van der Waals surface area contributed by atoms with E-state index in [-0.39, 0.29) is 11.5 Å². The summed E-state index contributed by atoms with van der Waals surface area (Å²) in [6.07, 6.45) is -4.48. The lowest BCUT2D eigenvalue weighted by atomic mass is 10.2. The highest BCUT2D eigenvalue weighted by Gasteiger charge is 2.31. The van der Waals surface area contributed by atoms with E-state index in [0.717, 1.165) is 12.1 Å². The SMILES string of the molecule is CN(C)CCNC(=O)c1nc(-c2cccs2)n(-c2cccc(C(F)(F)F)c2)n1. The maximum atomic E-state index is 13.1. The lowest BCUT2D eigenvalue weighted by Gasteiger charge is -2.10. The number of likely N-dealkylation sites (N-methyl/N-ethyl adjacent to an activating group) is 1. The van der Waals surface area contributed by atoms with E-state index in [1.807, 2.05) is 24.4 Å². The minimum atomic E-state index is -4.48. The number of hydrogen-bond acceptors (Lipinski definition) is 5. The first-order valence-corrected chi connectivity index (χ1v) is 9.25. The molecule has 0 spiro atoms. The number of aromatic nitrogens is 3. The number of carbonyl (C=O) groups is 1.